The van der Waals surface area contributed by atoms with Crippen LogP contribution in [0.15, 0.2) is 53.4 Å². The molecule has 0 aromatic heterocycles. The molecule has 0 spiro atoms. The molecule has 0 aliphatic rings. The molecule has 2 aromatic carbocycles. The number of thioether (sulfide) groups is 1. The van der Waals surface area contributed by atoms with E-state index in [0.29, 0.717) is 28.1 Å². The van der Waals surface area contributed by atoms with Crippen molar-refractivity contribution in [2.24, 2.45) is 5.73 Å². The number of anilines is 1. The molecule has 136 valence electrons. The number of hydrogen-bond donors (Lipinski definition) is 2. The zero-order valence-electron chi connectivity index (χ0n) is 14.4. The molecule has 0 atom stereocenters. The van der Waals surface area contributed by atoms with Crippen LogP contribution in [0.5, 0.6) is 0 Å². The lowest BCUT2D eigenvalue weighted by atomic mass is 10.1. The molecule has 2 aromatic rings. The normalized spacial score (nSPS) is 10.2. The Morgan fingerprint density at radius 3 is 2.42 bits per heavy atom. The summed E-state index contributed by atoms with van der Waals surface area (Å²) in [5, 5.41) is 2.77. The third-order valence-electron chi connectivity index (χ3n) is 3.45. The molecule has 0 unspecified atom stereocenters. The number of carbonyl (C=O) groups is 3. The summed E-state index contributed by atoms with van der Waals surface area (Å²) in [5.74, 6) is -0.922. The van der Waals surface area contributed by atoms with Crippen molar-refractivity contribution < 1.29 is 19.1 Å². The Balaban J connectivity index is 2.02. The lowest BCUT2D eigenvalue weighted by Gasteiger charge is -2.10. The number of ether oxygens (including phenoxy) is 1. The fourth-order valence-corrected chi connectivity index (χ4v) is 2.94. The van der Waals surface area contributed by atoms with Gasteiger partial charge in [-0.15, -0.1) is 0 Å². The van der Waals surface area contributed by atoms with E-state index in [1.807, 2.05) is 13.0 Å². The van der Waals surface area contributed by atoms with Gasteiger partial charge in [0.2, 0.25) is 5.91 Å². The summed E-state index contributed by atoms with van der Waals surface area (Å²) < 4.78 is 5.12. The fraction of sp³-hybridized carbons (Fsp3) is 0.211. The largest absolute Gasteiger partial charge is 0.454 e. The molecular formula is C19H20N2O4S. The molecule has 0 heterocycles. The number of primary amides is 1. The van der Waals surface area contributed by atoms with Crippen LogP contribution in [0.2, 0.25) is 0 Å². The van der Waals surface area contributed by atoms with E-state index in [9.17, 15) is 14.4 Å². The molecule has 0 aliphatic carbocycles. The highest BCUT2D eigenvalue weighted by molar-refractivity contribution is 7.99. The lowest BCUT2D eigenvalue weighted by Crippen LogP contribution is -2.14. The standard InChI is InChI=1S/C19H20N2O4S/c1-2-5-17(22)25-12-26-16-7-4-3-6-15(16)19(24)21-14-10-8-13(9-11-14)18(20)23/h3-4,6-11H,2,5,12H2,1H3,(H2,20,23)(H,21,24). The van der Waals surface area contributed by atoms with Crippen molar-refractivity contribution in [1.29, 1.82) is 0 Å². The predicted octanol–water partition coefficient (Wildman–Crippen LogP) is 3.43. The summed E-state index contributed by atoms with van der Waals surface area (Å²) in [6.07, 6.45) is 1.11. The second kappa shape index (κ2) is 9.62. The third kappa shape index (κ3) is 5.63. The van der Waals surface area contributed by atoms with Crippen molar-refractivity contribution in [3.63, 3.8) is 0 Å². The van der Waals surface area contributed by atoms with Gasteiger partial charge in [0.1, 0.15) is 5.94 Å². The maximum Gasteiger partial charge on any atom is 0.306 e. The van der Waals surface area contributed by atoms with Gasteiger partial charge in [-0.3, -0.25) is 14.4 Å². The Labute approximate surface area is 156 Å². The Morgan fingerprint density at radius 2 is 1.77 bits per heavy atom. The number of esters is 1. The third-order valence-corrected chi connectivity index (χ3v) is 4.35. The van der Waals surface area contributed by atoms with Gasteiger partial charge in [0, 0.05) is 22.6 Å². The first-order chi connectivity index (χ1) is 12.5. The Kier molecular flexibility index (Phi) is 7.23. The van der Waals surface area contributed by atoms with E-state index in [-0.39, 0.29) is 17.8 Å². The van der Waals surface area contributed by atoms with Gasteiger partial charge in [0.25, 0.3) is 5.91 Å². The fourth-order valence-electron chi connectivity index (χ4n) is 2.13. The zero-order chi connectivity index (χ0) is 18.9. The van der Waals surface area contributed by atoms with Crippen LogP contribution in [0.4, 0.5) is 5.69 Å². The molecule has 0 saturated heterocycles. The zero-order valence-corrected chi connectivity index (χ0v) is 15.2. The lowest BCUT2D eigenvalue weighted by molar-refractivity contribution is -0.141. The second-order valence-corrected chi connectivity index (χ2v) is 6.38. The van der Waals surface area contributed by atoms with Gasteiger partial charge >= 0.3 is 5.97 Å². The van der Waals surface area contributed by atoms with Gasteiger partial charge in [-0.25, -0.2) is 0 Å². The van der Waals surface area contributed by atoms with Crippen LogP contribution in [0.3, 0.4) is 0 Å². The van der Waals surface area contributed by atoms with E-state index < -0.39 is 5.91 Å². The molecule has 26 heavy (non-hydrogen) atoms. The van der Waals surface area contributed by atoms with Crippen molar-refractivity contribution in [3.05, 3.63) is 59.7 Å². The minimum Gasteiger partial charge on any atom is -0.454 e. The SMILES string of the molecule is CCCC(=O)OCSc1ccccc1C(=O)Nc1ccc(C(N)=O)cc1. The number of carbonyl (C=O) groups excluding carboxylic acids is 3. The smallest absolute Gasteiger partial charge is 0.306 e. The maximum absolute atomic E-state index is 12.5. The van der Waals surface area contributed by atoms with Crippen LogP contribution in [-0.2, 0) is 9.53 Å². The molecule has 0 bridgehead atoms. The van der Waals surface area contributed by atoms with Gasteiger partial charge in [0.15, 0.2) is 0 Å². The molecule has 0 saturated carbocycles. The number of nitrogens with two attached hydrogens (primary N) is 1. The van der Waals surface area contributed by atoms with Crippen LogP contribution in [0.1, 0.15) is 40.5 Å². The Bertz CT molecular complexity index is 790. The average Bonchev–Trinajstić information content (AvgIpc) is 2.62. The molecular weight excluding hydrogens is 352 g/mol. The van der Waals surface area contributed by atoms with Crippen LogP contribution >= 0.6 is 11.8 Å². The van der Waals surface area contributed by atoms with Gasteiger partial charge in [-0.1, -0.05) is 30.8 Å². The Morgan fingerprint density at radius 1 is 1.08 bits per heavy atom. The van der Waals surface area contributed by atoms with Crippen LogP contribution < -0.4 is 11.1 Å². The summed E-state index contributed by atoms with van der Waals surface area (Å²) in [6.45, 7) is 1.91. The quantitative estimate of drug-likeness (QED) is 0.420. The molecule has 0 radical (unpaired) electrons. The van der Waals surface area contributed by atoms with Crippen molar-refractivity contribution in [1.82, 2.24) is 0 Å². The number of hydrogen-bond acceptors (Lipinski definition) is 5. The molecule has 7 heteroatoms. The average molecular weight is 372 g/mol. The maximum atomic E-state index is 12.5. The van der Waals surface area contributed by atoms with Gasteiger partial charge in [0.05, 0.1) is 5.56 Å². The molecule has 2 rings (SSSR count). The molecule has 0 aliphatic heterocycles. The first-order valence-corrected chi connectivity index (χ1v) is 9.08. The summed E-state index contributed by atoms with van der Waals surface area (Å²) in [7, 11) is 0. The highest BCUT2D eigenvalue weighted by atomic mass is 32.2. The van der Waals surface area contributed by atoms with Crippen LogP contribution in [-0.4, -0.2) is 23.7 Å². The number of rotatable bonds is 8. The van der Waals surface area contributed by atoms with E-state index in [2.05, 4.69) is 5.32 Å². The predicted molar refractivity (Wildman–Crippen MR) is 101 cm³/mol. The van der Waals surface area contributed by atoms with Crippen LogP contribution in [0.25, 0.3) is 0 Å². The first kappa shape index (κ1) is 19.5. The van der Waals surface area contributed by atoms with Gasteiger partial charge < -0.3 is 15.8 Å². The van der Waals surface area contributed by atoms with Gasteiger partial charge in [-0.05, 0) is 42.8 Å². The van der Waals surface area contributed by atoms with Crippen molar-refractivity contribution in [2.45, 2.75) is 24.7 Å². The van der Waals surface area contributed by atoms with E-state index in [1.165, 1.54) is 11.8 Å². The highest BCUT2D eigenvalue weighted by Crippen LogP contribution is 2.24. The summed E-state index contributed by atoms with van der Waals surface area (Å²) in [4.78, 5) is 35.7. The van der Waals surface area contributed by atoms with Crippen molar-refractivity contribution in [3.8, 4) is 0 Å². The second-order valence-electron chi connectivity index (χ2n) is 5.42. The topological polar surface area (TPSA) is 98.5 Å². The summed E-state index contributed by atoms with van der Waals surface area (Å²) in [6, 6.07) is 13.4. The number of amides is 2. The molecule has 6 nitrogen and oxygen atoms in total. The van der Waals surface area contributed by atoms with E-state index in [1.54, 1.807) is 42.5 Å². The van der Waals surface area contributed by atoms with Crippen molar-refractivity contribution in [2.75, 3.05) is 11.3 Å². The van der Waals surface area contributed by atoms with Crippen LogP contribution in [0, 0.1) is 0 Å². The van der Waals surface area contributed by atoms with E-state index in [4.69, 9.17) is 10.5 Å². The Hall–Kier alpha value is -2.80. The highest BCUT2D eigenvalue weighted by Gasteiger charge is 2.13. The van der Waals surface area contributed by atoms with Gasteiger partial charge in [-0.2, -0.15) is 0 Å². The van der Waals surface area contributed by atoms with E-state index >= 15 is 0 Å². The number of nitrogens with one attached hydrogen (secondary N) is 1. The molecule has 3 N–H and O–H groups in total. The van der Waals surface area contributed by atoms with Crippen molar-refractivity contribution >= 4 is 35.2 Å². The van der Waals surface area contributed by atoms with E-state index in [0.717, 1.165) is 6.42 Å². The molecule has 2 amide bonds. The minimum atomic E-state index is -0.526. The monoisotopic (exact) mass is 372 g/mol. The summed E-state index contributed by atoms with van der Waals surface area (Å²) in [5.41, 5.74) is 6.59. The summed E-state index contributed by atoms with van der Waals surface area (Å²) >= 11 is 1.28. The first-order valence-electron chi connectivity index (χ1n) is 8.10. The minimum absolute atomic E-state index is 0.149. The number of benzene rings is 2. The molecule has 0 fully saturated rings.